The molecule has 16 nitrogen and oxygen atoms in total. The van der Waals surface area contributed by atoms with Crippen molar-refractivity contribution in [2.75, 3.05) is 11.5 Å². The van der Waals surface area contributed by atoms with Crippen LogP contribution in [0.2, 0.25) is 0 Å². The van der Waals surface area contributed by atoms with E-state index in [1.807, 2.05) is 0 Å². The summed E-state index contributed by atoms with van der Waals surface area (Å²) in [7, 11) is -8.10. The Hall–Kier alpha value is -0.260. The Balaban J connectivity index is 0.00000612. The van der Waals surface area contributed by atoms with E-state index < -0.39 is 79.1 Å². The molecule has 0 radical (unpaired) electrons. The summed E-state index contributed by atoms with van der Waals surface area (Å²) >= 11 is 0. The van der Waals surface area contributed by atoms with Gasteiger partial charge >= 0.3 is 71.1 Å². The molecule has 2 atom stereocenters. The zero-order valence-electron chi connectivity index (χ0n) is 18.6. The van der Waals surface area contributed by atoms with Crippen LogP contribution in [0.5, 0.6) is 0 Å². The van der Waals surface area contributed by atoms with Crippen LogP contribution in [0, 0.1) is 0 Å². The van der Waals surface area contributed by atoms with Gasteiger partial charge in [0.1, 0.15) is 30.7 Å². The van der Waals surface area contributed by atoms with Crippen molar-refractivity contribution in [3.63, 3.8) is 0 Å². The molecule has 0 saturated carbocycles. The number of amides is 4. The Labute approximate surface area is 256 Å². The Morgan fingerprint density at radius 2 is 1.06 bits per heavy atom. The van der Waals surface area contributed by atoms with Gasteiger partial charge in [-0.3, -0.25) is 19.2 Å². The summed E-state index contributed by atoms with van der Waals surface area (Å²) in [4.78, 5) is 79.0. The number of hydrogen-bond donors (Lipinski definition) is 0. The molecule has 2 aliphatic heterocycles. The molecule has 36 heavy (non-hydrogen) atoms. The average Bonchev–Trinajstić information content (AvgIpc) is 3.15. The molecule has 0 aromatic carbocycles. The van der Waals surface area contributed by atoms with Gasteiger partial charge in [0.2, 0.25) is 0 Å². The number of carbonyl (C=O) groups excluding carboxylic acids is 6. The van der Waals surface area contributed by atoms with Crippen LogP contribution in [-0.4, -0.2) is 93.6 Å². The van der Waals surface area contributed by atoms with Gasteiger partial charge in [0, 0.05) is 11.5 Å². The summed E-state index contributed by atoms with van der Waals surface area (Å²) < 4.78 is 65.5. The van der Waals surface area contributed by atoms with Crippen molar-refractivity contribution >= 4 is 77.4 Å². The van der Waals surface area contributed by atoms with Gasteiger partial charge < -0.3 is 18.8 Å². The monoisotopic (exact) mass is 608 g/mol. The molecule has 2 saturated heterocycles. The standard InChI is InChI=1S/C14H16N2O14S4.2Na/c17-9-5-7(33(23,24)25)13(21)15(9)29-11(19)1-3-31-32-4-2-12(20)30-16-10(18)6-8(14(16)22)34(26,27)28;;/h7-8H,1-6H2,(H,23,24,25)(H,26,27,28);;/q;2*+1/p-2. The van der Waals surface area contributed by atoms with Crippen molar-refractivity contribution < 1.29 is 123 Å². The third-order valence-electron chi connectivity index (χ3n) is 4.07. The molecule has 0 aliphatic carbocycles. The minimum atomic E-state index is -5.09. The molecule has 2 aliphatic rings. The van der Waals surface area contributed by atoms with Crippen molar-refractivity contribution in [3.8, 4) is 0 Å². The molecule has 4 amide bonds. The molecule has 190 valence electrons. The van der Waals surface area contributed by atoms with Crippen molar-refractivity contribution in [1.82, 2.24) is 10.1 Å². The molecule has 0 spiro atoms. The largest absolute Gasteiger partial charge is 1.00 e. The van der Waals surface area contributed by atoms with Gasteiger partial charge in [0.15, 0.2) is 0 Å². The first kappa shape index (κ1) is 35.7. The zero-order chi connectivity index (χ0) is 25.8. The predicted molar refractivity (Wildman–Crippen MR) is 106 cm³/mol. The fourth-order valence-electron chi connectivity index (χ4n) is 2.47. The van der Waals surface area contributed by atoms with E-state index in [0.29, 0.717) is 0 Å². The van der Waals surface area contributed by atoms with Crippen LogP contribution in [0.15, 0.2) is 0 Å². The molecule has 0 aromatic rings. The fraction of sp³-hybridized carbons (Fsp3) is 0.571. The van der Waals surface area contributed by atoms with E-state index in [2.05, 4.69) is 9.68 Å². The SMILES string of the molecule is O=C(CCSSCCC(=O)ON1C(=O)CC(S(=O)(=O)[O-])C1=O)ON1C(=O)CC(S(=O)(=O)[O-])C1=O.[Na+].[Na+]. The van der Waals surface area contributed by atoms with Crippen LogP contribution < -0.4 is 59.1 Å². The third kappa shape index (κ3) is 9.80. The first-order valence-electron chi connectivity index (χ1n) is 8.92. The quantitative estimate of drug-likeness (QED) is 0.0695. The van der Waals surface area contributed by atoms with Crippen LogP contribution in [0.4, 0.5) is 0 Å². The summed E-state index contributed by atoms with van der Waals surface area (Å²) in [5.74, 6) is -7.23. The van der Waals surface area contributed by atoms with E-state index in [4.69, 9.17) is 0 Å². The van der Waals surface area contributed by atoms with Crippen LogP contribution in [0.3, 0.4) is 0 Å². The van der Waals surface area contributed by atoms with Crippen molar-refractivity contribution in [2.45, 2.75) is 36.2 Å². The number of nitrogens with zero attached hydrogens (tertiary/aromatic N) is 2. The summed E-state index contributed by atoms with van der Waals surface area (Å²) in [6.45, 7) is 0. The fourth-order valence-corrected chi connectivity index (χ4v) is 5.79. The van der Waals surface area contributed by atoms with E-state index >= 15 is 0 Å². The van der Waals surface area contributed by atoms with Gasteiger partial charge in [-0.05, 0) is 0 Å². The molecule has 0 aromatic heterocycles. The average molecular weight is 609 g/mol. The Morgan fingerprint density at radius 3 is 1.31 bits per heavy atom. The van der Waals surface area contributed by atoms with Gasteiger partial charge in [0.25, 0.3) is 23.6 Å². The van der Waals surface area contributed by atoms with E-state index in [-0.39, 0.29) is 93.6 Å². The second kappa shape index (κ2) is 14.8. The Kier molecular flexibility index (Phi) is 14.7. The number of imide groups is 2. The molecule has 2 fully saturated rings. The van der Waals surface area contributed by atoms with Crippen molar-refractivity contribution in [1.29, 1.82) is 0 Å². The van der Waals surface area contributed by atoms with Gasteiger partial charge in [-0.15, -0.1) is 10.1 Å². The maximum absolute atomic E-state index is 11.7. The topological polar surface area (TPSA) is 242 Å². The predicted octanol–water partition coefficient (Wildman–Crippen LogP) is -8.58. The van der Waals surface area contributed by atoms with Crippen molar-refractivity contribution in [3.05, 3.63) is 0 Å². The van der Waals surface area contributed by atoms with E-state index in [1.54, 1.807) is 0 Å². The molecule has 22 heteroatoms. The molecular weight excluding hydrogens is 594 g/mol. The van der Waals surface area contributed by atoms with Crippen LogP contribution in [0.25, 0.3) is 0 Å². The van der Waals surface area contributed by atoms with Crippen LogP contribution in [0.1, 0.15) is 25.7 Å². The number of hydrogen-bond acceptors (Lipinski definition) is 16. The zero-order valence-corrected chi connectivity index (χ0v) is 25.9. The van der Waals surface area contributed by atoms with E-state index in [1.165, 1.54) is 0 Å². The summed E-state index contributed by atoms with van der Waals surface area (Å²) in [5, 5.41) is -4.45. The molecule has 0 bridgehead atoms. The van der Waals surface area contributed by atoms with Crippen LogP contribution in [-0.2, 0) is 58.7 Å². The smallest absolute Gasteiger partial charge is 0.747 e. The van der Waals surface area contributed by atoms with Gasteiger partial charge in [0.05, 0.1) is 25.7 Å². The molecule has 2 heterocycles. The molecule has 2 rings (SSSR count). The summed E-state index contributed by atoms with van der Waals surface area (Å²) in [5.41, 5.74) is 0. The molecule has 2 unspecified atom stereocenters. The maximum Gasteiger partial charge on any atom is 1.00 e. The number of hydroxylamine groups is 4. The Bertz CT molecular complexity index is 1040. The minimum absolute atomic E-state index is 0. The second-order valence-corrected chi connectivity index (χ2v) is 12.3. The van der Waals surface area contributed by atoms with Gasteiger partial charge in [-0.1, -0.05) is 21.6 Å². The van der Waals surface area contributed by atoms with Crippen LogP contribution >= 0.6 is 21.6 Å². The minimum Gasteiger partial charge on any atom is -0.747 e. The summed E-state index contributed by atoms with van der Waals surface area (Å²) in [6, 6.07) is 0. The normalized spacial score (nSPS) is 20.2. The van der Waals surface area contributed by atoms with Gasteiger partial charge in [-0.2, -0.15) is 0 Å². The van der Waals surface area contributed by atoms with Crippen molar-refractivity contribution in [2.24, 2.45) is 0 Å². The van der Waals surface area contributed by atoms with E-state index in [0.717, 1.165) is 21.6 Å². The summed E-state index contributed by atoms with van der Waals surface area (Å²) in [6.07, 6.45) is -2.53. The number of rotatable bonds is 11. The first-order valence-corrected chi connectivity index (χ1v) is 14.3. The number of carbonyl (C=O) groups is 6. The first-order chi connectivity index (χ1) is 15.6. The molecule has 0 N–H and O–H groups in total. The Morgan fingerprint density at radius 1 is 0.750 bits per heavy atom. The second-order valence-electron chi connectivity index (χ2n) is 6.49. The maximum atomic E-state index is 11.7. The third-order valence-corrected chi connectivity index (χ3v) is 8.61. The van der Waals surface area contributed by atoms with E-state index in [9.17, 15) is 54.7 Å². The molecular formula is C14H14N2Na2O14S4. The van der Waals surface area contributed by atoms with Gasteiger partial charge in [-0.25, -0.2) is 26.4 Å².